The van der Waals surface area contributed by atoms with Crippen LogP contribution in [0.5, 0.6) is 0 Å². The molecule has 3 nitrogen and oxygen atoms in total. The summed E-state index contributed by atoms with van der Waals surface area (Å²) in [6.07, 6.45) is -15.5. The molecule has 0 saturated carbocycles. The molecule has 0 heterocycles. The number of hydrogen-bond donors (Lipinski definition) is 0. The van der Waals surface area contributed by atoms with E-state index in [4.69, 9.17) is 0 Å². The van der Waals surface area contributed by atoms with Gasteiger partial charge in [0.2, 0.25) is 0 Å². The summed E-state index contributed by atoms with van der Waals surface area (Å²) in [4.78, 5) is 11.2. The minimum Gasteiger partial charge on any atom is -0.429 e. The zero-order valence-corrected chi connectivity index (χ0v) is 11.4. The Kier molecular flexibility index (Phi) is 5.36. The van der Waals surface area contributed by atoms with Gasteiger partial charge in [0, 0.05) is 6.42 Å². The lowest BCUT2D eigenvalue weighted by molar-refractivity contribution is -0.371. The second-order valence-corrected chi connectivity index (χ2v) is 5.14. The molecule has 0 aliphatic rings. The number of alkyl halides is 6. The summed E-state index contributed by atoms with van der Waals surface area (Å²) in [5.41, 5.74) is -5.83. The van der Waals surface area contributed by atoms with Crippen molar-refractivity contribution >= 4 is 6.16 Å². The first kappa shape index (κ1) is 18.9. The SMILES string of the molecule is CCCC(OC(=O)OC(C)(C)C)(C(F)(F)F)C(F)(F)F. The Balaban J connectivity index is 5.49. The Labute approximate surface area is 112 Å². The molecule has 0 radical (unpaired) electrons. The van der Waals surface area contributed by atoms with E-state index in [-0.39, 0.29) is 0 Å². The van der Waals surface area contributed by atoms with Gasteiger partial charge < -0.3 is 9.47 Å². The van der Waals surface area contributed by atoms with Crippen LogP contribution in [0.25, 0.3) is 0 Å². The van der Waals surface area contributed by atoms with Crippen molar-refractivity contribution in [1.82, 2.24) is 0 Å². The van der Waals surface area contributed by atoms with Gasteiger partial charge in [-0.2, -0.15) is 26.3 Å². The van der Waals surface area contributed by atoms with Crippen LogP contribution < -0.4 is 0 Å². The highest BCUT2D eigenvalue weighted by Gasteiger charge is 2.73. The first-order chi connectivity index (χ1) is 8.66. The first-order valence-electron chi connectivity index (χ1n) is 5.72. The average molecular weight is 310 g/mol. The summed E-state index contributed by atoms with van der Waals surface area (Å²) < 4.78 is 84.8. The van der Waals surface area contributed by atoms with Crippen LogP contribution >= 0.6 is 0 Å². The van der Waals surface area contributed by atoms with E-state index in [9.17, 15) is 31.1 Å². The Morgan fingerprint density at radius 1 is 0.900 bits per heavy atom. The molecule has 0 aromatic rings. The van der Waals surface area contributed by atoms with Crippen molar-refractivity contribution in [1.29, 1.82) is 0 Å². The first-order valence-corrected chi connectivity index (χ1v) is 5.72. The van der Waals surface area contributed by atoms with Gasteiger partial charge in [-0.1, -0.05) is 13.3 Å². The van der Waals surface area contributed by atoms with E-state index < -0.39 is 42.6 Å². The Bertz CT molecular complexity index is 326. The maximum absolute atomic E-state index is 12.8. The number of rotatable bonds is 3. The van der Waals surface area contributed by atoms with E-state index in [0.717, 1.165) is 6.92 Å². The van der Waals surface area contributed by atoms with Crippen molar-refractivity contribution in [2.45, 2.75) is 64.1 Å². The molecule has 0 amide bonds. The number of hydrogen-bond acceptors (Lipinski definition) is 3. The summed E-state index contributed by atoms with van der Waals surface area (Å²) in [6, 6.07) is 0. The molecule has 0 spiro atoms. The van der Waals surface area contributed by atoms with Crippen LogP contribution in [0.4, 0.5) is 31.1 Å². The zero-order valence-electron chi connectivity index (χ0n) is 11.4. The van der Waals surface area contributed by atoms with Crippen LogP contribution in [-0.2, 0) is 9.47 Å². The van der Waals surface area contributed by atoms with Crippen molar-refractivity contribution < 1.29 is 40.6 Å². The topological polar surface area (TPSA) is 35.5 Å². The third kappa shape index (κ3) is 4.45. The van der Waals surface area contributed by atoms with Crippen LogP contribution in [-0.4, -0.2) is 29.7 Å². The molecular formula is C11H16F6O3. The normalized spacial score (nSPS) is 14.1. The van der Waals surface area contributed by atoms with Gasteiger partial charge in [0.05, 0.1) is 0 Å². The number of carbonyl (C=O) groups is 1. The molecule has 0 aliphatic heterocycles. The van der Waals surface area contributed by atoms with Gasteiger partial charge in [0.15, 0.2) is 0 Å². The van der Waals surface area contributed by atoms with Gasteiger partial charge in [0.1, 0.15) is 5.60 Å². The molecule has 0 atom stereocenters. The lowest BCUT2D eigenvalue weighted by atomic mass is 9.96. The molecule has 20 heavy (non-hydrogen) atoms. The number of halogens is 6. The Morgan fingerprint density at radius 3 is 1.55 bits per heavy atom. The molecule has 0 saturated heterocycles. The van der Waals surface area contributed by atoms with Crippen molar-refractivity contribution in [2.24, 2.45) is 0 Å². The molecule has 0 aromatic carbocycles. The highest BCUT2D eigenvalue weighted by atomic mass is 19.4. The highest BCUT2D eigenvalue weighted by molar-refractivity contribution is 5.61. The molecule has 0 N–H and O–H groups in total. The van der Waals surface area contributed by atoms with E-state index in [2.05, 4.69) is 9.47 Å². The lowest BCUT2D eigenvalue weighted by Crippen LogP contribution is -2.59. The average Bonchev–Trinajstić information content (AvgIpc) is 2.09. The summed E-state index contributed by atoms with van der Waals surface area (Å²) in [5, 5.41) is 0. The minimum atomic E-state index is -5.79. The van der Waals surface area contributed by atoms with Crippen LogP contribution in [0, 0.1) is 0 Å². The molecular weight excluding hydrogens is 294 g/mol. The monoisotopic (exact) mass is 310 g/mol. The van der Waals surface area contributed by atoms with E-state index >= 15 is 0 Å². The summed E-state index contributed by atoms with van der Waals surface area (Å²) >= 11 is 0. The largest absolute Gasteiger partial charge is 0.510 e. The highest BCUT2D eigenvalue weighted by Crippen LogP contribution is 2.49. The second kappa shape index (κ2) is 5.69. The molecule has 0 bridgehead atoms. The molecule has 120 valence electrons. The second-order valence-electron chi connectivity index (χ2n) is 5.14. The van der Waals surface area contributed by atoms with Gasteiger partial charge in [-0.15, -0.1) is 0 Å². The molecule has 9 heteroatoms. The standard InChI is InChI=1S/C11H16F6O3/c1-5-6-9(10(12,13)14,11(15,16)17)20-7(18)19-8(2,3)4/h5-6H2,1-4H3. The van der Waals surface area contributed by atoms with Gasteiger partial charge in [0.25, 0.3) is 0 Å². The molecule has 0 fully saturated rings. The Morgan fingerprint density at radius 2 is 1.30 bits per heavy atom. The van der Waals surface area contributed by atoms with Gasteiger partial charge >= 0.3 is 24.1 Å². The predicted molar refractivity (Wildman–Crippen MR) is 57.1 cm³/mol. The van der Waals surface area contributed by atoms with Crippen LogP contribution in [0.1, 0.15) is 40.5 Å². The lowest BCUT2D eigenvalue weighted by Gasteiger charge is -2.36. The van der Waals surface area contributed by atoms with Gasteiger partial charge in [-0.3, -0.25) is 0 Å². The van der Waals surface area contributed by atoms with Crippen LogP contribution in [0.3, 0.4) is 0 Å². The maximum Gasteiger partial charge on any atom is 0.510 e. The fourth-order valence-electron chi connectivity index (χ4n) is 1.38. The summed E-state index contributed by atoms with van der Waals surface area (Å²) in [5.74, 6) is 0. The Hall–Kier alpha value is -1.15. The third-order valence-corrected chi connectivity index (χ3v) is 2.16. The van der Waals surface area contributed by atoms with Crippen molar-refractivity contribution in [3.05, 3.63) is 0 Å². The van der Waals surface area contributed by atoms with E-state index in [1.54, 1.807) is 0 Å². The quantitative estimate of drug-likeness (QED) is 0.564. The molecule has 0 unspecified atom stereocenters. The molecule has 0 aliphatic carbocycles. The molecule has 0 aromatic heterocycles. The summed E-state index contributed by atoms with van der Waals surface area (Å²) in [7, 11) is 0. The van der Waals surface area contributed by atoms with Gasteiger partial charge in [-0.25, -0.2) is 4.79 Å². The fourth-order valence-corrected chi connectivity index (χ4v) is 1.38. The predicted octanol–water partition coefficient (Wildman–Crippen LogP) is 4.60. The van der Waals surface area contributed by atoms with Crippen molar-refractivity contribution in [3.63, 3.8) is 0 Å². The summed E-state index contributed by atoms with van der Waals surface area (Å²) in [6.45, 7) is 4.98. The third-order valence-electron chi connectivity index (χ3n) is 2.16. The van der Waals surface area contributed by atoms with Crippen LogP contribution in [0.2, 0.25) is 0 Å². The maximum atomic E-state index is 12.8. The van der Waals surface area contributed by atoms with Crippen molar-refractivity contribution in [3.8, 4) is 0 Å². The fraction of sp³-hybridized carbons (Fsp3) is 0.909. The molecule has 0 rings (SSSR count). The van der Waals surface area contributed by atoms with E-state index in [1.807, 2.05) is 0 Å². The van der Waals surface area contributed by atoms with E-state index in [1.165, 1.54) is 20.8 Å². The van der Waals surface area contributed by atoms with Crippen LogP contribution in [0.15, 0.2) is 0 Å². The minimum absolute atomic E-state index is 0.484. The zero-order chi connectivity index (χ0) is 16.4. The van der Waals surface area contributed by atoms with Gasteiger partial charge in [-0.05, 0) is 20.8 Å². The smallest absolute Gasteiger partial charge is 0.429 e. The van der Waals surface area contributed by atoms with Crippen molar-refractivity contribution in [2.75, 3.05) is 0 Å². The number of carbonyl (C=O) groups excluding carboxylic acids is 1. The number of ether oxygens (including phenoxy) is 2. The van der Waals surface area contributed by atoms with E-state index in [0.29, 0.717) is 0 Å².